The molecule has 2 aliphatic rings. The Morgan fingerprint density at radius 1 is 1.64 bits per heavy atom. The number of hydrogen-bond donors (Lipinski definition) is 1. The SMILES string of the molecule is COC(=O)[C@H]1NC[C@@H]2C[C@@H]21.Cl. The summed E-state index contributed by atoms with van der Waals surface area (Å²) < 4.78 is 4.63. The summed E-state index contributed by atoms with van der Waals surface area (Å²) in [6, 6.07) is 0.00926. The van der Waals surface area contributed by atoms with Gasteiger partial charge in [-0.2, -0.15) is 0 Å². The van der Waals surface area contributed by atoms with Crippen LogP contribution in [0.1, 0.15) is 6.42 Å². The molecular formula is C7H12ClNO2. The Morgan fingerprint density at radius 2 is 2.36 bits per heavy atom. The number of piperidine rings is 1. The Morgan fingerprint density at radius 3 is 2.73 bits per heavy atom. The Kier molecular flexibility index (Phi) is 2.40. The molecule has 2 rings (SSSR count). The van der Waals surface area contributed by atoms with Crippen molar-refractivity contribution in [2.24, 2.45) is 11.8 Å². The Bertz CT molecular complexity index is 174. The number of carbonyl (C=O) groups excluding carboxylic acids is 1. The van der Waals surface area contributed by atoms with E-state index in [9.17, 15) is 4.79 Å². The third-order valence-electron chi connectivity index (χ3n) is 2.46. The zero-order valence-corrected chi connectivity index (χ0v) is 7.19. The topological polar surface area (TPSA) is 38.3 Å². The minimum Gasteiger partial charge on any atom is -0.468 e. The van der Waals surface area contributed by atoms with E-state index in [0.29, 0.717) is 5.92 Å². The molecule has 1 aliphatic carbocycles. The molecule has 0 radical (unpaired) electrons. The molecule has 1 aliphatic heterocycles. The Labute approximate surface area is 71.9 Å². The zero-order chi connectivity index (χ0) is 7.14. The van der Waals surface area contributed by atoms with Gasteiger partial charge in [-0.15, -0.1) is 12.4 Å². The lowest BCUT2D eigenvalue weighted by Gasteiger charge is -2.08. The molecule has 1 heterocycles. The van der Waals surface area contributed by atoms with Crippen LogP contribution in [0.2, 0.25) is 0 Å². The summed E-state index contributed by atoms with van der Waals surface area (Å²) in [5, 5.41) is 3.13. The highest BCUT2D eigenvalue weighted by Gasteiger charge is 2.51. The van der Waals surface area contributed by atoms with Gasteiger partial charge in [-0.3, -0.25) is 4.79 Å². The molecule has 0 bridgehead atoms. The first-order valence-electron chi connectivity index (χ1n) is 3.64. The van der Waals surface area contributed by atoms with Gasteiger partial charge in [0.2, 0.25) is 0 Å². The van der Waals surface area contributed by atoms with E-state index in [2.05, 4.69) is 10.1 Å². The number of fused-ring (bicyclic) bond motifs is 1. The summed E-state index contributed by atoms with van der Waals surface area (Å²) in [6.07, 6.45) is 1.22. The Hall–Kier alpha value is -0.280. The van der Waals surface area contributed by atoms with Gasteiger partial charge in [-0.05, 0) is 24.8 Å². The fourth-order valence-electron chi connectivity index (χ4n) is 1.73. The maximum Gasteiger partial charge on any atom is 0.323 e. The lowest BCUT2D eigenvalue weighted by Crippen LogP contribution is -2.35. The molecule has 0 amide bonds. The van der Waals surface area contributed by atoms with Gasteiger partial charge in [0.1, 0.15) is 6.04 Å². The van der Waals surface area contributed by atoms with Crippen LogP contribution in [-0.4, -0.2) is 25.7 Å². The van der Waals surface area contributed by atoms with Crippen molar-refractivity contribution in [2.45, 2.75) is 12.5 Å². The van der Waals surface area contributed by atoms with Crippen molar-refractivity contribution in [3.05, 3.63) is 0 Å². The first kappa shape index (κ1) is 8.81. The number of halogens is 1. The summed E-state index contributed by atoms with van der Waals surface area (Å²) in [5.74, 6) is 1.27. The predicted octanol–water partition coefficient (Wildman–Crippen LogP) is 0.189. The van der Waals surface area contributed by atoms with Crippen LogP contribution in [0, 0.1) is 11.8 Å². The molecule has 0 spiro atoms. The van der Waals surface area contributed by atoms with E-state index < -0.39 is 0 Å². The van der Waals surface area contributed by atoms with E-state index in [0.717, 1.165) is 12.5 Å². The van der Waals surface area contributed by atoms with Gasteiger partial charge >= 0.3 is 5.97 Å². The number of nitrogens with one attached hydrogen (secondary N) is 1. The van der Waals surface area contributed by atoms with Gasteiger partial charge in [0.15, 0.2) is 0 Å². The van der Waals surface area contributed by atoms with Gasteiger partial charge in [0.05, 0.1) is 7.11 Å². The second kappa shape index (κ2) is 2.99. The third-order valence-corrected chi connectivity index (χ3v) is 2.46. The average Bonchev–Trinajstić information content (AvgIpc) is 2.62. The van der Waals surface area contributed by atoms with E-state index in [1.54, 1.807) is 0 Å². The number of rotatable bonds is 1. The van der Waals surface area contributed by atoms with Gasteiger partial charge in [0, 0.05) is 0 Å². The van der Waals surface area contributed by atoms with Gasteiger partial charge in [0.25, 0.3) is 0 Å². The van der Waals surface area contributed by atoms with E-state index in [1.807, 2.05) is 0 Å². The summed E-state index contributed by atoms with van der Waals surface area (Å²) >= 11 is 0. The number of esters is 1. The van der Waals surface area contributed by atoms with Crippen LogP contribution in [0.15, 0.2) is 0 Å². The van der Waals surface area contributed by atoms with Crippen LogP contribution >= 0.6 is 12.4 Å². The van der Waals surface area contributed by atoms with Crippen molar-refractivity contribution in [2.75, 3.05) is 13.7 Å². The number of carbonyl (C=O) groups is 1. The highest BCUT2D eigenvalue weighted by Crippen LogP contribution is 2.45. The van der Waals surface area contributed by atoms with E-state index in [1.165, 1.54) is 13.5 Å². The van der Waals surface area contributed by atoms with Gasteiger partial charge in [-0.1, -0.05) is 0 Å². The molecule has 4 heteroatoms. The first-order chi connectivity index (χ1) is 4.83. The summed E-state index contributed by atoms with van der Waals surface area (Å²) in [6.45, 7) is 1.00. The molecule has 0 aromatic rings. The lowest BCUT2D eigenvalue weighted by atomic mass is 10.2. The van der Waals surface area contributed by atoms with Crippen LogP contribution in [0.3, 0.4) is 0 Å². The normalized spacial score (nSPS) is 38.8. The van der Waals surface area contributed by atoms with Crippen molar-refractivity contribution < 1.29 is 9.53 Å². The quantitative estimate of drug-likeness (QED) is 0.582. The zero-order valence-electron chi connectivity index (χ0n) is 6.37. The summed E-state index contributed by atoms with van der Waals surface area (Å²) in [5.41, 5.74) is 0. The number of ether oxygens (including phenoxy) is 1. The molecule has 1 saturated heterocycles. The molecule has 3 nitrogen and oxygen atoms in total. The minimum atomic E-state index is -0.0926. The fraction of sp³-hybridized carbons (Fsp3) is 0.857. The van der Waals surface area contributed by atoms with E-state index >= 15 is 0 Å². The highest BCUT2D eigenvalue weighted by atomic mass is 35.5. The van der Waals surface area contributed by atoms with E-state index in [-0.39, 0.29) is 24.4 Å². The van der Waals surface area contributed by atoms with Crippen molar-refractivity contribution in [1.29, 1.82) is 0 Å². The van der Waals surface area contributed by atoms with Crippen LogP contribution < -0.4 is 5.32 Å². The van der Waals surface area contributed by atoms with Crippen LogP contribution in [0.25, 0.3) is 0 Å². The summed E-state index contributed by atoms with van der Waals surface area (Å²) in [7, 11) is 1.44. The third kappa shape index (κ3) is 1.35. The molecule has 11 heavy (non-hydrogen) atoms. The molecule has 1 N–H and O–H groups in total. The fourth-order valence-corrected chi connectivity index (χ4v) is 1.73. The number of hydrogen-bond acceptors (Lipinski definition) is 3. The van der Waals surface area contributed by atoms with Crippen LogP contribution in [-0.2, 0) is 9.53 Å². The molecule has 0 aromatic heterocycles. The van der Waals surface area contributed by atoms with E-state index in [4.69, 9.17) is 0 Å². The molecule has 2 fully saturated rings. The van der Waals surface area contributed by atoms with Crippen LogP contribution in [0.4, 0.5) is 0 Å². The molecular weight excluding hydrogens is 166 g/mol. The molecule has 0 unspecified atom stereocenters. The maximum atomic E-state index is 11.0. The minimum absolute atomic E-state index is 0. The average molecular weight is 178 g/mol. The smallest absolute Gasteiger partial charge is 0.323 e. The first-order valence-corrected chi connectivity index (χ1v) is 3.64. The number of methoxy groups -OCH3 is 1. The second-order valence-corrected chi connectivity index (χ2v) is 3.07. The highest BCUT2D eigenvalue weighted by molar-refractivity contribution is 5.85. The molecule has 64 valence electrons. The van der Waals surface area contributed by atoms with Crippen molar-refractivity contribution >= 4 is 18.4 Å². The molecule has 1 saturated carbocycles. The van der Waals surface area contributed by atoms with Crippen LogP contribution in [0.5, 0.6) is 0 Å². The van der Waals surface area contributed by atoms with Gasteiger partial charge in [-0.25, -0.2) is 0 Å². The summed E-state index contributed by atoms with van der Waals surface area (Å²) in [4.78, 5) is 11.0. The lowest BCUT2D eigenvalue weighted by molar-refractivity contribution is -0.143. The van der Waals surface area contributed by atoms with Gasteiger partial charge < -0.3 is 10.1 Å². The molecule has 0 aromatic carbocycles. The van der Waals surface area contributed by atoms with Crippen molar-refractivity contribution in [3.63, 3.8) is 0 Å². The second-order valence-electron chi connectivity index (χ2n) is 3.07. The van der Waals surface area contributed by atoms with Crippen molar-refractivity contribution in [1.82, 2.24) is 5.32 Å². The molecule has 3 atom stereocenters. The monoisotopic (exact) mass is 177 g/mol. The predicted molar refractivity (Wildman–Crippen MR) is 42.7 cm³/mol. The largest absolute Gasteiger partial charge is 0.468 e. The maximum absolute atomic E-state index is 11.0. The van der Waals surface area contributed by atoms with Crippen molar-refractivity contribution in [3.8, 4) is 0 Å². The Balaban J connectivity index is 0.000000605. The standard InChI is InChI=1S/C7H11NO2.ClH/c1-10-7(9)6-5-2-4(5)3-8-6;/h4-6,8H,2-3H2,1H3;1H/t4-,5-,6-;/m0./s1.